The van der Waals surface area contributed by atoms with Gasteiger partial charge in [-0.3, -0.25) is 14.3 Å². The number of rotatable bonds is 6. The largest absolute Gasteiger partial charge is 0.350 e. The van der Waals surface area contributed by atoms with Crippen LogP contribution in [0.3, 0.4) is 0 Å². The zero-order valence-electron chi connectivity index (χ0n) is 16.9. The maximum Gasteiger partial charge on any atom is 0.251 e. The van der Waals surface area contributed by atoms with Crippen LogP contribution in [0.4, 0.5) is 0 Å². The molecule has 0 radical (unpaired) electrons. The summed E-state index contributed by atoms with van der Waals surface area (Å²) in [4.78, 5) is 15.3. The molecule has 0 aliphatic carbocycles. The Bertz CT molecular complexity index is 933. The lowest BCUT2D eigenvalue weighted by molar-refractivity contribution is 0.0933. The van der Waals surface area contributed by atoms with Crippen molar-refractivity contribution in [3.63, 3.8) is 0 Å². The molecule has 0 unspecified atom stereocenters. The lowest BCUT2D eigenvalue weighted by Gasteiger charge is -2.31. The summed E-state index contributed by atoms with van der Waals surface area (Å²) in [5, 5.41) is 11.5. The van der Waals surface area contributed by atoms with E-state index in [-0.39, 0.29) is 11.9 Å². The van der Waals surface area contributed by atoms with Gasteiger partial charge >= 0.3 is 0 Å². The summed E-state index contributed by atoms with van der Waals surface area (Å²) in [6, 6.07) is 15.6. The van der Waals surface area contributed by atoms with Gasteiger partial charge in [-0.25, -0.2) is 0 Å². The van der Waals surface area contributed by atoms with Gasteiger partial charge in [-0.15, -0.1) is 10.2 Å². The van der Waals surface area contributed by atoms with Crippen molar-refractivity contribution < 1.29 is 4.79 Å². The molecule has 1 aromatic heterocycles. The fraction of sp³-hybridized carbons (Fsp3) is 0.348. The van der Waals surface area contributed by atoms with Crippen LogP contribution in [-0.2, 0) is 0 Å². The fourth-order valence-corrected chi connectivity index (χ4v) is 4.09. The van der Waals surface area contributed by atoms with Gasteiger partial charge in [0.25, 0.3) is 5.91 Å². The summed E-state index contributed by atoms with van der Waals surface area (Å²) in [6.07, 6.45) is 8.20. The second-order valence-electron chi connectivity index (χ2n) is 7.64. The molecule has 0 bridgehead atoms. The quantitative estimate of drug-likeness (QED) is 0.643. The summed E-state index contributed by atoms with van der Waals surface area (Å²) in [7, 11) is 0. The maximum atomic E-state index is 12.8. The van der Waals surface area contributed by atoms with Crippen molar-refractivity contribution in [3.05, 3.63) is 77.3 Å². The van der Waals surface area contributed by atoms with Crippen LogP contribution in [0.15, 0.2) is 61.2 Å². The van der Waals surface area contributed by atoms with Gasteiger partial charge in [0.2, 0.25) is 0 Å². The van der Waals surface area contributed by atoms with E-state index in [4.69, 9.17) is 11.6 Å². The molecule has 2 aromatic carbocycles. The average molecular weight is 424 g/mol. The van der Waals surface area contributed by atoms with Gasteiger partial charge in [-0.1, -0.05) is 36.6 Å². The van der Waals surface area contributed by atoms with Crippen molar-refractivity contribution in [1.82, 2.24) is 25.0 Å². The van der Waals surface area contributed by atoms with Crippen LogP contribution in [0.25, 0.3) is 5.69 Å². The van der Waals surface area contributed by atoms with E-state index in [2.05, 4.69) is 32.5 Å². The fourth-order valence-electron chi connectivity index (χ4n) is 3.96. The SMILES string of the molecule is O=C(NC[C@@H](c1ccc(Cl)cc1)N1CCCCCC1)c1ccc(-n2cnnc2)cc1. The Morgan fingerprint density at radius 2 is 1.57 bits per heavy atom. The van der Waals surface area contributed by atoms with E-state index >= 15 is 0 Å². The van der Waals surface area contributed by atoms with E-state index in [0.717, 1.165) is 23.8 Å². The maximum absolute atomic E-state index is 12.8. The molecule has 1 aliphatic heterocycles. The number of likely N-dealkylation sites (tertiary alicyclic amines) is 1. The number of aromatic nitrogens is 3. The first-order chi connectivity index (χ1) is 14.7. The van der Waals surface area contributed by atoms with Crippen molar-refractivity contribution >= 4 is 17.5 Å². The molecule has 1 saturated heterocycles. The number of nitrogens with one attached hydrogen (secondary N) is 1. The second-order valence-corrected chi connectivity index (χ2v) is 8.08. The Morgan fingerprint density at radius 3 is 2.20 bits per heavy atom. The van der Waals surface area contributed by atoms with Gasteiger partial charge in [-0.2, -0.15) is 0 Å². The summed E-state index contributed by atoms with van der Waals surface area (Å²) in [5.74, 6) is -0.0703. The number of carbonyl (C=O) groups excluding carboxylic acids is 1. The third kappa shape index (κ3) is 5.07. The first-order valence-electron chi connectivity index (χ1n) is 10.4. The number of hydrogen-bond acceptors (Lipinski definition) is 4. The van der Waals surface area contributed by atoms with Gasteiger partial charge in [0.15, 0.2) is 0 Å². The van der Waals surface area contributed by atoms with Crippen LogP contribution < -0.4 is 5.32 Å². The normalized spacial score (nSPS) is 16.0. The molecule has 1 N–H and O–H groups in total. The summed E-state index contributed by atoms with van der Waals surface area (Å²) < 4.78 is 1.80. The van der Waals surface area contributed by atoms with Gasteiger partial charge in [0, 0.05) is 22.8 Å². The highest BCUT2D eigenvalue weighted by Crippen LogP contribution is 2.25. The van der Waals surface area contributed by atoms with Crippen LogP contribution in [-0.4, -0.2) is 45.2 Å². The Hall–Kier alpha value is -2.70. The molecule has 3 aromatic rings. The molecule has 7 heteroatoms. The van der Waals surface area contributed by atoms with E-state index < -0.39 is 0 Å². The minimum Gasteiger partial charge on any atom is -0.350 e. The molecule has 30 heavy (non-hydrogen) atoms. The number of nitrogens with zero attached hydrogens (tertiary/aromatic N) is 4. The minimum atomic E-state index is -0.0703. The number of benzene rings is 2. The van der Waals surface area contributed by atoms with Crippen molar-refractivity contribution in [2.75, 3.05) is 19.6 Å². The van der Waals surface area contributed by atoms with E-state index in [0.29, 0.717) is 12.1 Å². The Morgan fingerprint density at radius 1 is 0.933 bits per heavy atom. The van der Waals surface area contributed by atoms with E-state index in [1.165, 1.54) is 31.2 Å². The van der Waals surface area contributed by atoms with E-state index in [1.807, 2.05) is 36.4 Å². The predicted octanol–water partition coefficient (Wildman–Crippen LogP) is 4.27. The van der Waals surface area contributed by atoms with Gasteiger partial charge in [0.1, 0.15) is 12.7 Å². The number of hydrogen-bond donors (Lipinski definition) is 1. The molecular weight excluding hydrogens is 398 g/mol. The molecule has 156 valence electrons. The molecule has 1 amide bonds. The molecular formula is C23H26ClN5O. The monoisotopic (exact) mass is 423 g/mol. The second kappa shape index (κ2) is 9.87. The van der Waals surface area contributed by atoms with Crippen LogP contribution >= 0.6 is 11.6 Å². The molecule has 1 aliphatic rings. The average Bonchev–Trinajstić information content (AvgIpc) is 3.19. The van der Waals surface area contributed by atoms with Crippen LogP contribution in [0.1, 0.15) is 47.6 Å². The van der Waals surface area contributed by atoms with E-state index in [1.54, 1.807) is 17.2 Å². The van der Waals surface area contributed by atoms with Gasteiger partial charge in [-0.05, 0) is 67.9 Å². The highest BCUT2D eigenvalue weighted by Gasteiger charge is 2.22. The summed E-state index contributed by atoms with van der Waals surface area (Å²) >= 11 is 6.09. The standard InChI is InChI=1S/C23H26ClN5O/c24-20-9-5-18(6-10-20)22(28-13-3-1-2-4-14-28)15-25-23(30)19-7-11-21(12-8-19)29-16-26-27-17-29/h5-12,16-17,22H,1-4,13-15H2,(H,25,30)/t22-/m0/s1. The predicted molar refractivity (Wildman–Crippen MR) is 118 cm³/mol. The molecule has 0 spiro atoms. The molecule has 1 atom stereocenters. The van der Waals surface area contributed by atoms with Gasteiger partial charge < -0.3 is 5.32 Å². The topological polar surface area (TPSA) is 63.1 Å². The van der Waals surface area contributed by atoms with Crippen molar-refractivity contribution in [2.24, 2.45) is 0 Å². The number of amides is 1. The van der Waals surface area contributed by atoms with Crippen molar-refractivity contribution in [3.8, 4) is 5.69 Å². The zero-order chi connectivity index (χ0) is 20.8. The van der Waals surface area contributed by atoms with Crippen LogP contribution in [0.5, 0.6) is 0 Å². The Labute approximate surface area is 181 Å². The lowest BCUT2D eigenvalue weighted by atomic mass is 10.0. The van der Waals surface area contributed by atoms with Gasteiger partial charge in [0.05, 0.1) is 6.04 Å². The van der Waals surface area contributed by atoms with Crippen molar-refractivity contribution in [2.45, 2.75) is 31.7 Å². The zero-order valence-corrected chi connectivity index (χ0v) is 17.6. The van der Waals surface area contributed by atoms with Crippen LogP contribution in [0, 0.1) is 0 Å². The smallest absolute Gasteiger partial charge is 0.251 e. The molecule has 4 rings (SSSR count). The molecule has 2 heterocycles. The lowest BCUT2D eigenvalue weighted by Crippen LogP contribution is -2.38. The molecule has 6 nitrogen and oxygen atoms in total. The highest BCUT2D eigenvalue weighted by atomic mass is 35.5. The third-order valence-corrected chi connectivity index (χ3v) is 5.89. The minimum absolute atomic E-state index is 0.0703. The first kappa shape index (κ1) is 20.6. The van der Waals surface area contributed by atoms with Crippen molar-refractivity contribution in [1.29, 1.82) is 0 Å². The molecule has 0 saturated carbocycles. The number of halogens is 1. The Balaban J connectivity index is 1.45. The first-order valence-corrected chi connectivity index (χ1v) is 10.8. The number of carbonyl (C=O) groups is 1. The highest BCUT2D eigenvalue weighted by molar-refractivity contribution is 6.30. The summed E-state index contributed by atoms with van der Waals surface area (Å²) in [5.41, 5.74) is 2.74. The molecule has 1 fully saturated rings. The summed E-state index contributed by atoms with van der Waals surface area (Å²) in [6.45, 7) is 2.67. The Kier molecular flexibility index (Phi) is 6.77. The van der Waals surface area contributed by atoms with E-state index in [9.17, 15) is 4.79 Å². The van der Waals surface area contributed by atoms with Crippen LogP contribution in [0.2, 0.25) is 5.02 Å². The third-order valence-electron chi connectivity index (χ3n) is 5.64.